The number of amides is 1. The van der Waals surface area contributed by atoms with Crippen molar-refractivity contribution in [3.05, 3.63) is 35.2 Å². The van der Waals surface area contributed by atoms with Gasteiger partial charge in [0.05, 0.1) is 11.6 Å². The summed E-state index contributed by atoms with van der Waals surface area (Å²) in [4.78, 5) is 20.0. The maximum absolute atomic E-state index is 11.5. The second kappa shape index (κ2) is 7.10. The standard InChI is InChI=1S/C16H19ClN4O2/c1-12(22)21-8-4-7-20(9-10-21)11-15-18-16(19-23-15)13-5-2-3-6-14(13)17/h2-3,5-6H,4,7-11H2,1H3. The first-order valence-corrected chi connectivity index (χ1v) is 8.06. The van der Waals surface area contributed by atoms with Crippen LogP contribution >= 0.6 is 11.6 Å². The van der Waals surface area contributed by atoms with Crippen LogP contribution in [0.3, 0.4) is 0 Å². The first kappa shape index (κ1) is 16.0. The highest BCUT2D eigenvalue weighted by Crippen LogP contribution is 2.25. The fourth-order valence-electron chi connectivity index (χ4n) is 2.71. The van der Waals surface area contributed by atoms with Crippen LogP contribution in [0, 0.1) is 0 Å². The quantitative estimate of drug-likeness (QED) is 0.862. The van der Waals surface area contributed by atoms with Crippen molar-refractivity contribution in [1.82, 2.24) is 19.9 Å². The highest BCUT2D eigenvalue weighted by molar-refractivity contribution is 6.33. The average molecular weight is 335 g/mol. The molecule has 7 heteroatoms. The first-order valence-electron chi connectivity index (χ1n) is 7.69. The van der Waals surface area contributed by atoms with Crippen molar-refractivity contribution in [3.63, 3.8) is 0 Å². The molecule has 122 valence electrons. The van der Waals surface area contributed by atoms with Crippen molar-refractivity contribution in [3.8, 4) is 11.4 Å². The molecule has 1 amide bonds. The summed E-state index contributed by atoms with van der Waals surface area (Å²) in [6.45, 7) is 5.46. The van der Waals surface area contributed by atoms with Crippen molar-refractivity contribution in [1.29, 1.82) is 0 Å². The van der Waals surface area contributed by atoms with Crippen LogP contribution < -0.4 is 0 Å². The van der Waals surface area contributed by atoms with E-state index in [4.69, 9.17) is 16.1 Å². The lowest BCUT2D eigenvalue weighted by atomic mass is 10.2. The Morgan fingerprint density at radius 1 is 1.26 bits per heavy atom. The molecule has 1 saturated heterocycles. The molecular formula is C16H19ClN4O2. The van der Waals surface area contributed by atoms with Crippen LogP contribution in [0.4, 0.5) is 0 Å². The second-order valence-corrected chi connectivity index (χ2v) is 6.03. The molecule has 0 saturated carbocycles. The Kier molecular flexibility index (Phi) is 4.93. The van der Waals surface area contributed by atoms with E-state index < -0.39 is 0 Å². The van der Waals surface area contributed by atoms with Gasteiger partial charge >= 0.3 is 0 Å². The lowest BCUT2D eigenvalue weighted by Crippen LogP contribution is -2.33. The zero-order chi connectivity index (χ0) is 16.2. The number of aromatic nitrogens is 2. The number of carbonyl (C=O) groups is 1. The van der Waals surface area contributed by atoms with E-state index >= 15 is 0 Å². The normalized spacial score (nSPS) is 16.3. The third kappa shape index (κ3) is 3.89. The third-order valence-corrected chi connectivity index (χ3v) is 4.31. The maximum Gasteiger partial charge on any atom is 0.241 e. The van der Waals surface area contributed by atoms with E-state index in [0.29, 0.717) is 23.3 Å². The molecule has 23 heavy (non-hydrogen) atoms. The molecule has 0 N–H and O–H groups in total. The predicted molar refractivity (Wildman–Crippen MR) is 86.9 cm³/mol. The Labute approximate surface area is 140 Å². The molecule has 1 aliphatic rings. The summed E-state index contributed by atoms with van der Waals surface area (Å²) < 4.78 is 5.35. The molecule has 6 nitrogen and oxygen atoms in total. The second-order valence-electron chi connectivity index (χ2n) is 5.63. The topological polar surface area (TPSA) is 62.5 Å². The minimum atomic E-state index is 0.130. The summed E-state index contributed by atoms with van der Waals surface area (Å²) in [5.41, 5.74) is 0.766. The Balaban J connectivity index is 1.65. The van der Waals surface area contributed by atoms with E-state index in [1.54, 1.807) is 13.0 Å². The molecule has 2 heterocycles. The molecular weight excluding hydrogens is 316 g/mol. The maximum atomic E-state index is 11.5. The van der Waals surface area contributed by atoms with Gasteiger partial charge in [-0.3, -0.25) is 9.69 Å². The van der Waals surface area contributed by atoms with Crippen molar-refractivity contribution in [2.45, 2.75) is 19.9 Å². The lowest BCUT2D eigenvalue weighted by molar-refractivity contribution is -0.128. The van der Waals surface area contributed by atoms with E-state index in [1.807, 2.05) is 23.1 Å². The first-order chi connectivity index (χ1) is 11.1. The van der Waals surface area contributed by atoms with Gasteiger partial charge < -0.3 is 9.42 Å². The SMILES string of the molecule is CC(=O)N1CCCN(Cc2nc(-c3ccccc3Cl)no2)CC1. The highest BCUT2D eigenvalue weighted by Gasteiger charge is 2.19. The summed E-state index contributed by atoms with van der Waals surface area (Å²) in [6.07, 6.45) is 0.949. The zero-order valence-electron chi connectivity index (χ0n) is 13.0. The molecule has 0 bridgehead atoms. The Hall–Kier alpha value is -1.92. The predicted octanol–water partition coefficient (Wildman–Crippen LogP) is 2.44. The van der Waals surface area contributed by atoms with Crippen LogP contribution in [0.2, 0.25) is 5.02 Å². The van der Waals surface area contributed by atoms with Crippen LogP contribution in [-0.4, -0.2) is 52.0 Å². The molecule has 0 aliphatic carbocycles. The van der Waals surface area contributed by atoms with E-state index in [2.05, 4.69) is 15.0 Å². The monoisotopic (exact) mass is 334 g/mol. The molecule has 1 fully saturated rings. The lowest BCUT2D eigenvalue weighted by Gasteiger charge is -2.19. The van der Waals surface area contributed by atoms with Crippen LogP contribution in [0.5, 0.6) is 0 Å². The smallest absolute Gasteiger partial charge is 0.241 e. The molecule has 1 aliphatic heterocycles. The third-order valence-electron chi connectivity index (χ3n) is 3.98. The highest BCUT2D eigenvalue weighted by atomic mass is 35.5. The Morgan fingerprint density at radius 2 is 2.09 bits per heavy atom. The summed E-state index contributed by atoms with van der Waals surface area (Å²) in [5, 5.41) is 4.62. The van der Waals surface area contributed by atoms with Gasteiger partial charge in [0.15, 0.2) is 0 Å². The zero-order valence-corrected chi connectivity index (χ0v) is 13.8. The van der Waals surface area contributed by atoms with Gasteiger partial charge in [0.1, 0.15) is 0 Å². The van der Waals surface area contributed by atoms with Gasteiger partial charge in [-0.15, -0.1) is 0 Å². The minimum Gasteiger partial charge on any atom is -0.342 e. The van der Waals surface area contributed by atoms with E-state index in [0.717, 1.165) is 38.2 Å². The number of carbonyl (C=O) groups excluding carboxylic acids is 1. The van der Waals surface area contributed by atoms with Crippen LogP contribution in [-0.2, 0) is 11.3 Å². The van der Waals surface area contributed by atoms with Crippen molar-refractivity contribution in [2.24, 2.45) is 0 Å². The van der Waals surface area contributed by atoms with Gasteiger partial charge in [-0.05, 0) is 18.6 Å². The molecule has 0 unspecified atom stereocenters. The van der Waals surface area contributed by atoms with Crippen molar-refractivity contribution >= 4 is 17.5 Å². The minimum absolute atomic E-state index is 0.130. The average Bonchev–Trinajstić information content (AvgIpc) is 2.85. The van der Waals surface area contributed by atoms with Gasteiger partial charge in [-0.2, -0.15) is 4.98 Å². The van der Waals surface area contributed by atoms with E-state index in [1.165, 1.54) is 0 Å². The summed E-state index contributed by atoms with van der Waals surface area (Å²) >= 11 is 6.16. The fourth-order valence-corrected chi connectivity index (χ4v) is 2.93. The molecule has 0 spiro atoms. The van der Waals surface area contributed by atoms with Crippen LogP contribution in [0.1, 0.15) is 19.2 Å². The molecule has 1 aromatic heterocycles. The van der Waals surface area contributed by atoms with Gasteiger partial charge in [-0.1, -0.05) is 28.9 Å². The number of hydrogen-bond acceptors (Lipinski definition) is 5. The summed E-state index contributed by atoms with van der Waals surface area (Å²) in [7, 11) is 0. The van der Waals surface area contributed by atoms with E-state index in [9.17, 15) is 4.79 Å². The molecule has 3 rings (SSSR count). The molecule has 1 aromatic carbocycles. The Bertz CT molecular complexity index is 688. The van der Waals surface area contributed by atoms with Gasteiger partial charge in [-0.25, -0.2) is 0 Å². The molecule has 0 atom stereocenters. The largest absolute Gasteiger partial charge is 0.342 e. The van der Waals surface area contributed by atoms with Crippen molar-refractivity contribution in [2.75, 3.05) is 26.2 Å². The Morgan fingerprint density at radius 3 is 2.87 bits per heavy atom. The number of nitrogens with zero attached hydrogens (tertiary/aromatic N) is 4. The van der Waals surface area contributed by atoms with Crippen LogP contribution in [0.15, 0.2) is 28.8 Å². The van der Waals surface area contributed by atoms with Gasteiger partial charge in [0, 0.05) is 38.7 Å². The van der Waals surface area contributed by atoms with Gasteiger partial charge in [0.2, 0.25) is 17.6 Å². The summed E-state index contributed by atoms with van der Waals surface area (Å²) in [5.74, 6) is 1.20. The number of benzene rings is 1. The van der Waals surface area contributed by atoms with Crippen LogP contribution in [0.25, 0.3) is 11.4 Å². The molecule has 0 radical (unpaired) electrons. The molecule has 2 aromatic rings. The summed E-state index contributed by atoms with van der Waals surface area (Å²) in [6, 6.07) is 7.43. The van der Waals surface area contributed by atoms with Crippen molar-refractivity contribution < 1.29 is 9.32 Å². The van der Waals surface area contributed by atoms with Gasteiger partial charge in [0.25, 0.3) is 0 Å². The fraction of sp³-hybridized carbons (Fsp3) is 0.438. The number of halogens is 1. The number of rotatable bonds is 3. The number of hydrogen-bond donors (Lipinski definition) is 0. The van der Waals surface area contributed by atoms with E-state index in [-0.39, 0.29) is 5.91 Å².